The number of rotatable bonds is 5. The van der Waals surface area contributed by atoms with Gasteiger partial charge in [-0.1, -0.05) is 0 Å². The minimum absolute atomic E-state index is 0.0708. The predicted molar refractivity (Wildman–Crippen MR) is 83.3 cm³/mol. The molecule has 2 rings (SSSR count). The number of nitrogens with one attached hydrogen (secondary N) is 1. The van der Waals surface area contributed by atoms with E-state index < -0.39 is 0 Å². The zero-order chi connectivity index (χ0) is 14.5. The lowest BCUT2D eigenvalue weighted by atomic mass is 10.2. The van der Waals surface area contributed by atoms with Crippen molar-refractivity contribution in [3.05, 3.63) is 40.9 Å². The minimum atomic E-state index is -0.0708. The average Bonchev–Trinajstić information content (AvgIpc) is 2.84. The summed E-state index contributed by atoms with van der Waals surface area (Å²) in [4.78, 5) is 18.1. The van der Waals surface area contributed by atoms with E-state index in [2.05, 4.69) is 10.3 Å². The average molecular weight is 290 g/mol. The Labute approximate surface area is 122 Å². The van der Waals surface area contributed by atoms with Crippen LogP contribution >= 0.6 is 11.3 Å². The van der Waals surface area contributed by atoms with Crippen LogP contribution in [0, 0.1) is 0 Å². The normalized spacial score (nSPS) is 10.3. The van der Waals surface area contributed by atoms with Crippen molar-refractivity contribution in [3.63, 3.8) is 0 Å². The summed E-state index contributed by atoms with van der Waals surface area (Å²) in [5, 5.41) is 5.35. The molecule has 0 saturated carbocycles. The number of nitrogen functional groups attached to an aromatic ring is 1. The highest BCUT2D eigenvalue weighted by atomic mass is 32.1. The highest BCUT2D eigenvalue weighted by Gasteiger charge is 2.06. The van der Waals surface area contributed by atoms with Crippen LogP contribution in [0.25, 0.3) is 0 Å². The monoisotopic (exact) mass is 290 g/mol. The van der Waals surface area contributed by atoms with Gasteiger partial charge in [0.15, 0.2) is 5.13 Å². The van der Waals surface area contributed by atoms with Crippen LogP contribution < -0.4 is 16.0 Å². The molecule has 0 saturated heterocycles. The summed E-state index contributed by atoms with van der Waals surface area (Å²) in [6.45, 7) is 0.553. The highest BCUT2D eigenvalue weighted by molar-refractivity contribution is 7.13. The maximum atomic E-state index is 12.0. The predicted octanol–water partition coefficient (Wildman–Crippen LogP) is 1.76. The van der Waals surface area contributed by atoms with Gasteiger partial charge in [-0.05, 0) is 24.3 Å². The Morgan fingerprint density at radius 2 is 2.05 bits per heavy atom. The van der Waals surface area contributed by atoms with Crippen LogP contribution in [-0.4, -0.2) is 31.5 Å². The maximum absolute atomic E-state index is 12.0. The topological polar surface area (TPSA) is 71.2 Å². The fourth-order valence-corrected chi connectivity index (χ4v) is 2.35. The molecule has 1 aromatic heterocycles. The van der Waals surface area contributed by atoms with E-state index in [1.165, 1.54) is 11.3 Å². The second kappa shape index (κ2) is 6.38. The first-order chi connectivity index (χ1) is 9.56. The fourth-order valence-electron chi connectivity index (χ4n) is 1.75. The first-order valence-corrected chi connectivity index (χ1v) is 7.19. The van der Waals surface area contributed by atoms with Crippen LogP contribution in [-0.2, 0) is 6.42 Å². The van der Waals surface area contributed by atoms with E-state index >= 15 is 0 Å². The molecule has 2 aromatic rings. The molecule has 0 aliphatic rings. The molecule has 0 radical (unpaired) electrons. The van der Waals surface area contributed by atoms with Gasteiger partial charge in [-0.25, -0.2) is 4.98 Å². The molecule has 0 fully saturated rings. The van der Waals surface area contributed by atoms with Crippen LogP contribution in [0.3, 0.4) is 0 Å². The molecule has 0 aliphatic carbocycles. The van der Waals surface area contributed by atoms with Crippen LogP contribution in [0.4, 0.5) is 10.8 Å². The SMILES string of the molecule is CN(C)c1ccc(C(=O)NCCc2csc(N)n2)cc1. The molecule has 106 valence electrons. The molecule has 0 atom stereocenters. The number of carbonyl (C=O) groups excluding carboxylic acids is 1. The molecule has 0 unspecified atom stereocenters. The third-order valence-electron chi connectivity index (χ3n) is 2.88. The minimum Gasteiger partial charge on any atom is -0.378 e. The third kappa shape index (κ3) is 3.71. The standard InChI is InChI=1S/C14H18N4OS/c1-18(2)12-5-3-10(4-6-12)13(19)16-8-7-11-9-20-14(15)17-11/h3-6,9H,7-8H2,1-2H3,(H2,15,17)(H,16,19). The van der Waals surface area contributed by atoms with Crippen molar-refractivity contribution in [2.24, 2.45) is 0 Å². The molecule has 3 N–H and O–H groups in total. The second-order valence-electron chi connectivity index (χ2n) is 4.62. The summed E-state index contributed by atoms with van der Waals surface area (Å²) in [5.74, 6) is -0.0708. The molecular weight excluding hydrogens is 272 g/mol. The number of anilines is 2. The quantitative estimate of drug-likeness (QED) is 0.880. The van der Waals surface area contributed by atoms with E-state index in [4.69, 9.17) is 5.73 Å². The van der Waals surface area contributed by atoms with Crippen molar-refractivity contribution in [2.45, 2.75) is 6.42 Å². The Morgan fingerprint density at radius 3 is 2.60 bits per heavy atom. The van der Waals surface area contributed by atoms with Gasteiger partial charge in [-0.3, -0.25) is 4.79 Å². The number of nitrogens with zero attached hydrogens (tertiary/aromatic N) is 2. The van der Waals surface area contributed by atoms with Gasteiger partial charge >= 0.3 is 0 Å². The van der Waals surface area contributed by atoms with Crippen molar-refractivity contribution >= 4 is 28.1 Å². The van der Waals surface area contributed by atoms with Crippen molar-refractivity contribution < 1.29 is 4.79 Å². The van der Waals surface area contributed by atoms with Crippen LogP contribution in [0.2, 0.25) is 0 Å². The first-order valence-electron chi connectivity index (χ1n) is 6.32. The first kappa shape index (κ1) is 14.3. The largest absolute Gasteiger partial charge is 0.378 e. The van der Waals surface area contributed by atoms with Gasteiger partial charge in [0.1, 0.15) is 0 Å². The smallest absolute Gasteiger partial charge is 0.251 e. The van der Waals surface area contributed by atoms with Crippen molar-refractivity contribution in [2.75, 3.05) is 31.3 Å². The summed E-state index contributed by atoms with van der Waals surface area (Å²) < 4.78 is 0. The van der Waals surface area contributed by atoms with Gasteiger partial charge in [0.25, 0.3) is 5.91 Å². The van der Waals surface area contributed by atoms with Crippen molar-refractivity contribution in [1.29, 1.82) is 0 Å². The molecule has 0 aliphatic heterocycles. The Bertz CT molecular complexity index is 577. The molecule has 1 heterocycles. The molecule has 5 nitrogen and oxygen atoms in total. The third-order valence-corrected chi connectivity index (χ3v) is 3.60. The number of hydrogen-bond acceptors (Lipinski definition) is 5. The van der Waals surface area contributed by atoms with Crippen molar-refractivity contribution in [1.82, 2.24) is 10.3 Å². The molecule has 1 aromatic carbocycles. The van der Waals surface area contributed by atoms with Gasteiger partial charge in [0, 0.05) is 43.7 Å². The Hall–Kier alpha value is -2.08. The fraction of sp³-hybridized carbons (Fsp3) is 0.286. The van der Waals surface area contributed by atoms with E-state index in [9.17, 15) is 4.79 Å². The molecule has 0 spiro atoms. The van der Waals surface area contributed by atoms with Gasteiger partial charge < -0.3 is 16.0 Å². The second-order valence-corrected chi connectivity index (χ2v) is 5.51. The van der Waals surface area contributed by atoms with Gasteiger partial charge in [0.2, 0.25) is 0 Å². The molecular formula is C14H18N4OS. The number of thiazole rings is 1. The number of nitrogens with two attached hydrogens (primary N) is 1. The number of aromatic nitrogens is 1. The lowest BCUT2D eigenvalue weighted by Gasteiger charge is -2.12. The molecule has 20 heavy (non-hydrogen) atoms. The van der Waals surface area contributed by atoms with E-state index in [-0.39, 0.29) is 5.91 Å². The lowest BCUT2D eigenvalue weighted by Crippen LogP contribution is -2.25. The Kier molecular flexibility index (Phi) is 4.57. The molecule has 0 bridgehead atoms. The van der Waals surface area contributed by atoms with E-state index in [1.807, 2.05) is 48.6 Å². The Morgan fingerprint density at radius 1 is 1.35 bits per heavy atom. The Balaban J connectivity index is 1.85. The summed E-state index contributed by atoms with van der Waals surface area (Å²) in [7, 11) is 3.93. The van der Waals surface area contributed by atoms with E-state index in [0.29, 0.717) is 23.7 Å². The summed E-state index contributed by atoms with van der Waals surface area (Å²) in [5.41, 5.74) is 8.20. The zero-order valence-corrected chi connectivity index (χ0v) is 12.4. The van der Waals surface area contributed by atoms with Gasteiger partial charge in [-0.2, -0.15) is 0 Å². The number of hydrogen-bond donors (Lipinski definition) is 2. The number of carbonyl (C=O) groups is 1. The van der Waals surface area contributed by atoms with Gasteiger partial charge in [0.05, 0.1) is 5.69 Å². The molecule has 1 amide bonds. The number of amides is 1. The van der Waals surface area contributed by atoms with Crippen molar-refractivity contribution in [3.8, 4) is 0 Å². The number of benzene rings is 1. The van der Waals surface area contributed by atoms with Crippen LogP contribution in [0.1, 0.15) is 16.1 Å². The summed E-state index contributed by atoms with van der Waals surface area (Å²) in [6.07, 6.45) is 0.690. The molecule has 6 heteroatoms. The van der Waals surface area contributed by atoms with E-state index in [1.54, 1.807) is 0 Å². The maximum Gasteiger partial charge on any atom is 0.251 e. The summed E-state index contributed by atoms with van der Waals surface area (Å²) >= 11 is 1.41. The van der Waals surface area contributed by atoms with Crippen LogP contribution in [0.5, 0.6) is 0 Å². The summed E-state index contributed by atoms with van der Waals surface area (Å²) in [6, 6.07) is 7.50. The van der Waals surface area contributed by atoms with Gasteiger partial charge in [-0.15, -0.1) is 11.3 Å². The van der Waals surface area contributed by atoms with E-state index in [0.717, 1.165) is 11.4 Å². The zero-order valence-electron chi connectivity index (χ0n) is 11.6. The highest BCUT2D eigenvalue weighted by Crippen LogP contribution is 2.13. The van der Waals surface area contributed by atoms with Crippen LogP contribution in [0.15, 0.2) is 29.6 Å². The lowest BCUT2D eigenvalue weighted by molar-refractivity contribution is 0.0954.